The maximum atomic E-state index is 11.9. The van der Waals surface area contributed by atoms with E-state index in [0.29, 0.717) is 11.5 Å². The highest BCUT2D eigenvalue weighted by Gasteiger charge is 2.34. The highest BCUT2D eigenvalue weighted by molar-refractivity contribution is 7.91. The van der Waals surface area contributed by atoms with Crippen LogP contribution < -0.4 is 4.90 Å². The summed E-state index contributed by atoms with van der Waals surface area (Å²) in [6.07, 6.45) is 5.58. The Morgan fingerprint density at radius 1 is 1.06 bits per heavy atom. The van der Waals surface area contributed by atoms with Crippen molar-refractivity contribution in [3.8, 4) is 10.7 Å². The van der Waals surface area contributed by atoms with Gasteiger partial charge < -0.3 is 4.90 Å². The van der Waals surface area contributed by atoms with Gasteiger partial charge >= 0.3 is 0 Å². The van der Waals surface area contributed by atoms with Gasteiger partial charge in [-0.05, 0) is 49.1 Å². The second-order valence-corrected chi connectivity index (χ2v) is 13.1. The van der Waals surface area contributed by atoms with E-state index in [9.17, 15) is 8.42 Å². The first-order valence-electron chi connectivity index (χ1n) is 11.1. The fourth-order valence-corrected chi connectivity index (χ4v) is 8.92. The molecule has 6 nitrogen and oxygen atoms in total. The minimum Gasteiger partial charge on any atom is -0.353 e. The Balaban J connectivity index is 1.34. The van der Waals surface area contributed by atoms with E-state index in [2.05, 4.69) is 27.3 Å². The standard InChI is InChI=1S/C22H26N4O2S3/c27-31(28)13-7-15(14-31)25-8-10-26(11-9-25)21-19-16-4-1-2-5-17(16)30-22(19)24-20(23-21)18-6-3-12-29-18/h3,6,12,15H,1-2,4-5,7-11,13-14H2/t15-/m1/s1. The normalized spacial score (nSPS) is 24.0. The van der Waals surface area contributed by atoms with Crippen LogP contribution in [0.15, 0.2) is 17.5 Å². The van der Waals surface area contributed by atoms with Crippen molar-refractivity contribution in [2.45, 2.75) is 38.1 Å². The molecule has 0 saturated carbocycles. The Bertz CT molecular complexity index is 1210. The number of rotatable bonds is 3. The maximum absolute atomic E-state index is 11.9. The number of fused-ring (bicyclic) bond motifs is 3. The molecule has 1 aliphatic carbocycles. The zero-order chi connectivity index (χ0) is 21.0. The molecule has 0 aromatic carbocycles. The molecule has 0 bridgehead atoms. The van der Waals surface area contributed by atoms with Crippen molar-refractivity contribution in [1.29, 1.82) is 0 Å². The van der Waals surface area contributed by atoms with Gasteiger partial charge in [-0.15, -0.1) is 22.7 Å². The molecule has 6 rings (SSSR count). The maximum Gasteiger partial charge on any atom is 0.173 e. The number of hydrogen-bond acceptors (Lipinski definition) is 8. The third kappa shape index (κ3) is 3.69. The van der Waals surface area contributed by atoms with Gasteiger partial charge in [-0.3, -0.25) is 4.90 Å². The molecule has 2 saturated heterocycles. The second kappa shape index (κ2) is 7.79. The molecule has 1 atom stereocenters. The Hall–Kier alpha value is -1.55. The molecule has 2 fully saturated rings. The molecule has 3 aromatic heterocycles. The summed E-state index contributed by atoms with van der Waals surface area (Å²) in [5, 5.41) is 3.35. The monoisotopic (exact) mass is 474 g/mol. The molecule has 2 aliphatic heterocycles. The minimum atomic E-state index is -2.85. The molecular formula is C22H26N4O2S3. The molecule has 5 heterocycles. The Kier molecular flexibility index (Phi) is 5.05. The zero-order valence-corrected chi connectivity index (χ0v) is 19.9. The first-order chi connectivity index (χ1) is 15.1. The summed E-state index contributed by atoms with van der Waals surface area (Å²) in [4.78, 5) is 18.6. The van der Waals surface area contributed by atoms with Crippen LogP contribution in [0, 0.1) is 0 Å². The van der Waals surface area contributed by atoms with Crippen molar-refractivity contribution in [3.05, 3.63) is 28.0 Å². The van der Waals surface area contributed by atoms with Crippen LogP contribution in [0.25, 0.3) is 20.9 Å². The van der Waals surface area contributed by atoms with Gasteiger partial charge in [0.2, 0.25) is 0 Å². The van der Waals surface area contributed by atoms with Crippen LogP contribution in [0.1, 0.15) is 29.7 Å². The number of aromatic nitrogens is 2. The van der Waals surface area contributed by atoms with E-state index < -0.39 is 9.84 Å². The highest BCUT2D eigenvalue weighted by Crippen LogP contribution is 2.41. The largest absolute Gasteiger partial charge is 0.353 e. The number of sulfone groups is 1. The van der Waals surface area contributed by atoms with Crippen LogP contribution in [0.3, 0.4) is 0 Å². The molecule has 0 N–H and O–H groups in total. The summed E-state index contributed by atoms with van der Waals surface area (Å²) in [6, 6.07) is 4.34. The van der Waals surface area contributed by atoms with E-state index in [4.69, 9.17) is 9.97 Å². The Morgan fingerprint density at radius 2 is 1.90 bits per heavy atom. The van der Waals surface area contributed by atoms with Crippen LogP contribution in [-0.4, -0.2) is 67.0 Å². The Labute approximate surface area is 190 Å². The van der Waals surface area contributed by atoms with Crippen molar-refractivity contribution in [3.63, 3.8) is 0 Å². The number of anilines is 1. The molecule has 0 amide bonds. The van der Waals surface area contributed by atoms with Gasteiger partial charge in [-0.25, -0.2) is 18.4 Å². The van der Waals surface area contributed by atoms with Crippen molar-refractivity contribution in [1.82, 2.24) is 14.9 Å². The lowest BCUT2D eigenvalue weighted by Crippen LogP contribution is -2.51. The van der Waals surface area contributed by atoms with Gasteiger partial charge in [0, 0.05) is 37.1 Å². The number of aryl methyl sites for hydroxylation is 2. The van der Waals surface area contributed by atoms with Gasteiger partial charge in [0.15, 0.2) is 15.7 Å². The third-order valence-electron chi connectivity index (χ3n) is 6.88. The van der Waals surface area contributed by atoms with Crippen molar-refractivity contribution in [2.75, 3.05) is 42.6 Å². The Morgan fingerprint density at radius 3 is 2.65 bits per heavy atom. The highest BCUT2D eigenvalue weighted by atomic mass is 32.2. The summed E-state index contributed by atoms with van der Waals surface area (Å²) in [6.45, 7) is 3.56. The fourth-order valence-electron chi connectivity index (χ4n) is 5.25. The summed E-state index contributed by atoms with van der Waals surface area (Å²) in [7, 11) is -2.85. The number of nitrogens with zero attached hydrogens (tertiary/aromatic N) is 4. The van der Waals surface area contributed by atoms with Crippen LogP contribution >= 0.6 is 22.7 Å². The lowest BCUT2D eigenvalue weighted by molar-refractivity contribution is 0.200. The topological polar surface area (TPSA) is 66.4 Å². The van der Waals surface area contributed by atoms with E-state index in [1.807, 2.05) is 11.3 Å². The van der Waals surface area contributed by atoms with Crippen molar-refractivity contribution >= 4 is 48.5 Å². The molecule has 3 aromatic rings. The molecule has 0 unspecified atom stereocenters. The average molecular weight is 475 g/mol. The predicted octanol–water partition coefficient (Wildman–Crippen LogP) is 3.61. The molecule has 0 radical (unpaired) electrons. The van der Waals surface area contributed by atoms with Crippen molar-refractivity contribution < 1.29 is 8.42 Å². The van der Waals surface area contributed by atoms with Crippen LogP contribution in [0.4, 0.5) is 5.82 Å². The summed E-state index contributed by atoms with van der Waals surface area (Å²) in [5.74, 6) is 2.59. The van der Waals surface area contributed by atoms with Crippen LogP contribution in [0.2, 0.25) is 0 Å². The van der Waals surface area contributed by atoms with E-state index in [-0.39, 0.29) is 6.04 Å². The summed E-state index contributed by atoms with van der Waals surface area (Å²) in [5.41, 5.74) is 1.48. The second-order valence-electron chi connectivity index (χ2n) is 8.82. The lowest BCUT2D eigenvalue weighted by atomic mass is 9.97. The number of hydrogen-bond donors (Lipinski definition) is 0. The lowest BCUT2D eigenvalue weighted by Gasteiger charge is -2.38. The van der Waals surface area contributed by atoms with Crippen LogP contribution in [0.5, 0.6) is 0 Å². The molecule has 0 spiro atoms. The quantitative estimate of drug-likeness (QED) is 0.578. The van der Waals surface area contributed by atoms with Gasteiger partial charge in [-0.2, -0.15) is 0 Å². The molecule has 164 valence electrons. The first kappa shape index (κ1) is 20.1. The third-order valence-corrected chi connectivity index (χ3v) is 10.7. The van der Waals surface area contributed by atoms with Gasteiger partial charge in [0.25, 0.3) is 0 Å². The van der Waals surface area contributed by atoms with Crippen molar-refractivity contribution in [2.24, 2.45) is 0 Å². The molecule has 3 aliphatic rings. The fraction of sp³-hybridized carbons (Fsp3) is 0.545. The first-order valence-corrected chi connectivity index (χ1v) is 14.6. The number of piperazine rings is 1. The van der Waals surface area contributed by atoms with E-state index in [1.165, 1.54) is 28.7 Å². The molecule has 9 heteroatoms. The number of thiophene rings is 2. The van der Waals surface area contributed by atoms with Gasteiger partial charge in [0.1, 0.15) is 10.6 Å². The molecular weight excluding hydrogens is 448 g/mol. The summed E-state index contributed by atoms with van der Waals surface area (Å²) >= 11 is 3.55. The van der Waals surface area contributed by atoms with E-state index in [1.54, 1.807) is 11.3 Å². The smallest absolute Gasteiger partial charge is 0.173 e. The summed E-state index contributed by atoms with van der Waals surface area (Å²) < 4.78 is 23.8. The van der Waals surface area contributed by atoms with Gasteiger partial charge in [-0.1, -0.05) is 6.07 Å². The van der Waals surface area contributed by atoms with Crippen LogP contribution in [-0.2, 0) is 22.7 Å². The average Bonchev–Trinajstić information content (AvgIpc) is 3.51. The van der Waals surface area contributed by atoms with E-state index in [0.717, 1.165) is 66.8 Å². The minimum absolute atomic E-state index is 0.188. The molecule has 31 heavy (non-hydrogen) atoms. The van der Waals surface area contributed by atoms with Gasteiger partial charge in [0.05, 0.1) is 21.8 Å². The predicted molar refractivity (Wildman–Crippen MR) is 128 cm³/mol. The SMILES string of the molecule is O=S1(=O)CC[C@@H](N2CCN(c3nc(-c4cccs4)nc4sc5c(c34)CCCC5)CC2)C1. The zero-order valence-electron chi connectivity index (χ0n) is 17.4. The van der Waals surface area contributed by atoms with E-state index >= 15 is 0 Å².